The monoisotopic (exact) mass is 548 g/mol. The molecule has 8 N–H and O–H groups in total. The third kappa shape index (κ3) is 5.95. The van der Waals surface area contributed by atoms with Crippen molar-refractivity contribution in [3.05, 3.63) is 16.8 Å². The van der Waals surface area contributed by atoms with E-state index in [2.05, 4.69) is 38.1 Å². The Hall–Kier alpha value is -2.05. The minimum absolute atomic E-state index is 0.0353. The lowest BCUT2D eigenvalue weighted by Crippen LogP contribution is -2.33. The number of rotatable bonds is 9. The van der Waals surface area contributed by atoms with E-state index in [4.69, 9.17) is 30.7 Å². The molecule has 0 aromatic carbocycles. The van der Waals surface area contributed by atoms with E-state index in [0.29, 0.717) is 0 Å². The predicted molar refractivity (Wildman–Crippen MR) is 104 cm³/mol. The second-order valence-corrected chi connectivity index (χ2v) is 10.8. The quantitative estimate of drug-likeness (QED) is 0.0882. The molecule has 6 atom stereocenters. The number of ether oxygens (including phenoxy) is 1. The summed E-state index contributed by atoms with van der Waals surface area (Å²) in [4.78, 5) is 49.9. The Morgan fingerprint density at radius 3 is 2.44 bits per heavy atom. The number of nitrogen functional groups attached to an aromatic ring is 1. The van der Waals surface area contributed by atoms with Crippen LogP contribution in [0.15, 0.2) is 11.4 Å². The number of hydrogen-bond acceptors (Lipinski definition) is 14. The van der Waals surface area contributed by atoms with Gasteiger partial charge < -0.3 is 40.3 Å². The molecule has 1 aliphatic rings. The van der Waals surface area contributed by atoms with Crippen LogP contribution in [0.3, 0.4) is 0 Å². The molecular formula is C10H15N8O13P3. The van der Waals surface area contributed by atoms with Gasteiger partial charge in [0.15, 0.2) is 23.2 Å². The van der Waals surface area contributed by atoms with Crippen LogP contribution in [0.5, 0.6) is 0 Å². The number of fused-ring (bicyclic) bond motifs is 1. The Bertz CT molecular complexity index is 1280. The van der Waals surface area contributed by atoms with Gasteiger partial charge in [-0.2, -0.15) is 8.62 Å². The highest BCUT2D eigenvalue weighted by Gasteiger charge is 2.47. The van der Waals surface area contributed by atoms with Crippen LogP contribution in [0.1, 0.15) is 6.23 Å². The summed E-state index contributed by atoms with van der Waals surface area (Å²) in [5, 5.41) is 24.0. The predicted octanol–water partition coefficient (Wildman–Crippen LogP) is -0.687. The zero-order valence-corrected chi connectivity index (χ0v) is 18.9. The average Bonchev–Trinajstić information content (AvgIpc) is 3.16. The molecule has 1 saturated heterocycles. The molecule has 21 nitrogen and oxygen atoms in total. The average molecular weight is 548 g/mol. The van der Waals surface area contributed by atoms with E-state index >= 15 is 0 Å². The smallest absolute Gasteiger partial charge is 0.387 e. The van der Waals surface area contributed by atoms with Crippen LogP contribution >= 0.6 is 23.5 Å². The number of nitrogens with zero attached hydrogens (tertiary/aromatic N) is 7. The first kappa shape index (κ1) is 26.6. The number of aliphatic hydroxyl groups excluding tert-OH is 2. The highest BCUT2D eigenvalue weighted by atomic mass is 31.3. The first-order valence-corrected chi connectivity index (χ1v) is 13.0. The van der Waals surface area contributed by atoms with Crippen molar-refractivity contribution in [2.24, 2.45) is 5.11 Å². The van der Waals surface area contributed by atoms with E-state index in [0.717, 1.165) is 10.9 Å². The lowest BCUT2D eigenvalue weighted by Gasteiger charge is -2.19. The standard InChI is InChI=1S/C10H15N8O13P3/c11-7-4-8(14-2-13-7)18(10(15-4)16-17-12)9-6(20)5(19)3(29-9)1-28-33(24,25)31-34(26,27)30-32(21,22)23/h2-3,5-6,9,19-20H,1H2,(H,24,25)(H,26,27)(H2,11,13,14)(H2,21,22,23)/t3-,5?,6+,9-/m1/s1. The van der Waals surface area contributed by atoms with Gasteiger partial charge in [-0.25, -0.2) is 28.6 Å². The van der Waals surface area contributed by atoms with Crippen molar-refractivity contribution in [2.45, 2.75) is 24.5 Å². The number of azide groups is 1. The number of nitrogens with two attached hydrogens (primary N) is 1. The summed E-state index contributed by atoms with van der Waals surface area (Å²) in [5.74, 6) is -0.509. The lowest BCUT2D eigenvalue weighted by atomic mass is 10.1. The molecule has 188 valence electrons. The first-order valence-electron chi connectivity index (χ1n) is 8.47. The Labute approximate surface area is 186 Å². The number of aromatic nitrogens is 4. The first-order chi connectivity index (χ1) is 15.6. The van der Waals surface area contributed by atoms with Crippen LogP contribution in [0.2, 0.25) is 0 Å². The second-order valence-electron chi connectivity index (χ2n) is 6.34. The van der Waals surface area contributed by atoms with Gasteiger partial charge in [-0.1, -0.05) is 0 Å². The van der Waals surface area contributed by atoms with E-state index in [1.807, 2.05) is 0 Å². The largest absolute Gasteiger partial charge is 0.490 e. The lowest BCUT2D eigenvalue weighted by molar-refractivity contribution is -0.0495. The van der Waals surface area contributed by atoms with Gasteiger partial charge in [0.25, 0.3) is 0 Å². The van der Waals surface area contributed by atoms with Crippen LogP contribution in [0.25, 0.3) is 21.6 Å². The summed E-state index contributed by atoms with van der Waals surface area (Å²) >= 11 is 0. The summed E-state index contributed by atoms with van der Waals surface area (Å²) in [5.41, 5.74) is 14.4. The molecule has 3 rings (SSSR count). The molecule has 0 saturated carbocycles. The van der Waals surface area contributed by atoms with Crippen molar-refractivity contribution in [1.82, 2.24) is 19.5 Å². The van der Waals surface area contributed by atoms with E-state index < -0.39 is 60.6 Å². The van der Waals surface area contributed by atoms with Gasteiger partial charge in [-0.05, 0) is 10.6 Å². The van der Waals surface area contributed by atoms with Gasteiger partial charge in [0, 0.05) is 4.91 Å². The molecule has 2 aromatic heterocycles. The van der Waals surface area contributed by atoms with Gasteiger partial charge in [-0.15, -0.1) is 0 Å². The van der Waals surface area contributed by atoms with Gasteiger partial charge in [0.05, 0.1) is 6.61 Å². The molecule has 0 spiro atoms. The molecule has 1 aliphatic heterocycles. The maximum atomic E-state index is 11.9. The fourth-order valence-corrected chi connectivity index (χ4v) is 5.84. The van der Waals surface area contributed by atoms with Crippen molar-refractivity contribution < 1.29 is 61.4 Å². The fourth-order valence-electron chi connectivity index (χ4n) is 2.81. The number of aliphatic hydroxyl groups is 2. The second kappa shape index (κ2) is 9.54. The Balaban J connectivity index is 1.80. The number of anilines is 1. The third-order valence-corrected chi connectivity index (χ3v) is 7.83. The molecule has 0 bridgehead atoms. The van der Waals surface area contributed by atoms with Crippen molar-refractivity contribution >= 4 is 46.4 Å². The normalized spacial score (nSPS) is 26.6. The summed E-state index contributed by atoms with van der Waals surface area (Å²) in [6.07, 6.45) is -5.71. The van der Waals surface area contributed by atoms with Gasteiger partial charge in [0.2, 0.25) is 5.95 Å². The summed E-state index contributed by atoms with van der Waals surface area (Å²) < 4.78 is 51.8. The number of imidazole rings is 1. The molecular weight excluding hydrogens is 533 g/mol. The maximum absolute atomic E-state index is 11.9. The number of phosphoric ester groups is 1. The minimum Gasteiger partial charge on any atom is -0.387 e. The van der Waals surface area contributed by atoms with Crippen LogP contribution in [-0.2, 0) is 31.6 Å². The highest BCUT2D eigenvalue weighted by Crippen LogP contribution is 2.66. The minimum atomic E-state index is -5.76. The Morgan fingerprint density at radius 1 is 1.15 bits per heavy atom. The van der Waals surface area contributed by atoms with Crippen LogP contribution in [-0.4, -0.2) is 74.2 Å². The molecule has 34 heavy (non-hydrogen) atoms. The molecule has 3 unspecified atom stereocenters. The van der Waals surface area contributed by atoms with Gasteiger partial charge >= 0.3 is 23.5 Å². The van der Waals surface area contributed by atoms with Crippen molar-refractivity contribution in [3.63, 3.8) is 0 Å². The number of phosphoric acid groups is 3. The van der Waals surface area contributed by atoms with Crippen molar-refractivity contribution in [1.29, 1.82) is 0 Å². The summed E-state index contributed by atoms with van der Waals surface area (Å²) in [7, 11) is -16.9. The zero-order chi connectivity index (χ0) is 25.5. The summed E-state index contributed by atoms with van der Waals surface area (Å²) in [6, 6.07) is 0. The van der Waals surface area contributed by atoms with E-state index in [-0.39, 0.29) is 17.0 Å². The Kier molecular flexibility index (Phi) is 7.45. The maximum Gasteiger partial charge on any atom is 0.490 e. The van der Waals surface area contributed by atoms with Gasteiger partial charge in [-0.3, -0.25) is 9.09 Å². The fraction of sp³-hybridized carbons (Fsp3) is 0.500. The molecule has 0 radical (unpaired) electrons. The Morgan fingerprint density at radius 2 is 1.82 bits per heavy atom. The van der Waals surface area contributed by atoms with Crippen molar-refractivity contribution in [2.75, 3.05) is 12.3 Å². The molecule has 3 heterocycles. The van der Waals surface area contributed by atoms with Crippen LogP contribution in [0.4, 0.5) is 11.8 Å². The highest BCUT2D eigenvalue weighted by molar-refractivity contribution is 7.66. The zero-order valence-electron chi connectivity index (χ0n) is 16.2. The van der Waals surface area contributed by atoms with E-state index in [9.17, 15) is 28.8 Å². The third-order valence-electron chi connectivity index (χ3n) is 4.03. The SMILES string of the molecule is [N-]=[N+]=Nc1nc2c(N)ncnc2n1[C@@H]1O[C@H](COP(=O)(O)OP(=O)(O)OP(=O)(O)O)C(O)[C@@H]1O. The summed E-state index contributed by atoms with van der Waals surface area (Å²) in [6.45, 7) is -1.06. The van der Waals surface area contributed by atoms with Crippen LogP contribution in [0, 0.1) is 0 Å². The molecule has 0 amide bonds. The topological polar surface area (TPSA) is 328 Å². The molecule has 1 fully saturated rings. The van der Waals surface area contributed by atoms with Crippen LogP contribution < -0.4 is 5.73 Å². The number of hydrogen-bond donors (Lipinski definition) is 7. The van der Waals surface area contributed by atoms with E-state index in [1.54, 1.807) is 0 Å². The molecule has 0 aliphatic carbocycles. The van der Waals surface area contributed by atoms with Crippen molar-refractivity contribution in [3.8, 4) is 0 Å². The van der Waals surface area contributed by atoms with E-state index in [1.165, 1.54) is 0 Å². The van der Waals surface area contributed by atoms with Gasteiger partial charge in [0.1, 0.15) is 24.6 Å². The molecule has 24 heteroatoms. The molecule has 2 aromatic rings.